The Labute approximate surface area is 114 Å². The molecule has 3 N–H and O–H groups in total. The van der Waals surface area contributed by atoms with E-state index in [9.17, 15) is 12.8 Å². The van der Waals surface area contributed by atoms with Crippen LogP contribution in [0.3, 0.4) is 0 Å². The molecule has 0 heterocycles. The van der Waals surface area contributed by atoms with Crippen molar-refractivity contribution in [3.8, 4) is 0 Å². The summed E-state index contributed by atoms with van der Waals surface area (Å²) in [4.78, 5) is 0.0447. The number of sulfonamides is 1. The van der Waals surface area contributed by atoms with Crippen LogP contribution in [0.5, 0.6) is 0 Å². The van der Waals surface area contributed by atoms with Crippen LogP contribution in [-0.4, -0.2) is 15.0 Å². The molecule has 4 nitrogen and oxygen atoms in total. The van der Waals surface area contributed by atoms with Gasteiger partial charge in [0.15, 0.2) is 0 Å². The highest BCUT2D eigenvalue weighted by Gasteiger charge is 2.17. The SMILES string of the molecule is CC(C)(C)CCNS(=O)(=O)c1ccc(F)c(CN)c1. The van der Waals surface area contributed by atoms with Crippen LogP contribution in [0.4, 0.5) is 4.39 Å². The van der Waals surface area contributed by atoms with Crippen LogP contribution >= 0.6 is 0 Å². The van der Waals surface area contributed by atoms with Crippen LogP contribution in [0.15, 0.2) is 23.1 Å². The van der Waals surface area contributed by atoms with E-state index < -0.39 is 15.8 Å². The first kappa shape index (κ1) is 16.1. The van der Waals surface area contributed by atoms with Crippen LogP contribution in [0, 0.1) is 11.2 Å². The Morgan fingerprint density at radius 1 is 1.32 bits per heavy atom. The van der Waals surface area contributed by atoms with E-state index in [1.54, 1.807) is 0 Å². The summed E-state index contributed by atoms with van der Waals surface area (Å²) in [5, 5.41) is 0. The van der Waals surface area contributed by atoms with Crippen molar-refractivity contribution in [3.63, 3.8) is 0 Å². The van der Waals surface area contributed by atoms with Crippen LogP contribution in [0.2, 0.25) is 0 Å². The van der Waals surface area contributed by atoms with E-state index in [2.05, 4.69) is 4.72 Å². The molecule has 0 unspecified atom stereocenters. The fourth-order valence-electron chi connectivity index (χ4n) is 1.52. The minimum absolute atomic E-state index is 0.0306. The van der Waals surface area contributed by atoms with Gasteiger partial charge in [-0.15, -0.1) is 0 Å². The number of rotatable bonds is 5. The molecule has 1 rings (SSSR count). The fraction of sp³-hybridized carbons (Fsp3) is 0.538. The predicted octanol–water partition coefficient (Wildman–Crippen LogP) is 2.00. The van der Waals surface area contributed by atoms with Crippen molar-refractivity contribution in [1.82, 2.24) is 4.72 Å². The lowest BCUT2D eigenvalue weighted by Gasteiger charge is -2.18. The minimum Gasteiger partial charge on any atom is -0.326 e. The Balaban J connectivity index is 2.83. The summed E-state index contributed by atoms with van der Waals surface area (Å²) in [5.41, 5.74) is 5.61. The monoisotopic (exact) mass is 288 g/mol. The predicted molar refractivity (Wildman–Crippen MR) is 73.6 cm³/mol. The molecule has 0 radical (unpaired) electrons. The largest absolute Gasteiger partial charge is 0.326 e. The Morgan fingerprint density at radius 2 is 1.95 bits per heavy atom. The maximum atomic E-state index is 13.3. The van der Waals surface area contributed by atoms with E-state index in [-0.39, 0.29) is 22.4 Å². The Morgan fingerprint density at radius 3 is 2.47 bits per heavy atom. The number of nitrogens with one attached hydrogen (secondary N) is 1. The van der Waals surface area contributed by atoms with Crippen molar-refractivity contribution < 1.29 is 12.8 Å². The number of nitrogens with two attached hydrogens (primary N) is 1. The van der Waals surface area contributed by atoms with E-state index in [0.29, 0.717) is 6.54 Å². The third-order valence-electron chi connectivity index (χ3n) is 2.71. The molecule has 0 aliphatic carbocycles. The first-order valence-corrected chi connectivity index (χ1v) is 7.62. The Bertz CT molecular complexity index is 536. The quantitative estimate of drug-likeness (QED) is 0.870. The van der Waals surface area contributed by atoms with Gasteiger partial charge in [-0.1, -0.05) is 20.8 Å². The molecule has 1 aromatic carbocycles. The summed E-state index contributed by atoms with van der Waals surface area (Å²) in [6.45, 7) is 6.42. The van der Waals surface area contributed by atoms with Crippen molar-refractivity contribution in [2.24, 2.45) is 11.1 Å². The number of hydrogen-bond donors (Lipinski definition) is 2. The van der Waals surface area contributed by atoms with Gasteiger partial charge in [-0.3, -0.25) is 0 Å². The smallest absolute Gasteiger partial charge is 0.240 e. The summed E-state index contributed by atoms with van der Waals surface area (Å²) in [5.74, 6) is -0.490. The molecule has 1 aromatic rings. The lowest BCUT2D eigenvalue weighted by Crippen LogP contribution is -2.27. The fourth-order valence-corrected chi connectivity index (χ4v) is 2.60. The van der Waals surface area contributed by atoms with Crippen molar-refractivity contribution >= 4 is 10.0 Å². The highest BCUT2D eigenvalue weighted by molar-refractivity contribution is 7.89. The van der Waals surface area contributed by atoms with Gasteiger partial charge >= 0.3 is 0 Å². The highest BCUT2D eigenvalue weighted by Crippen LogP contribution is 2.18. The Kier molecular flexibility index (Phi) is 5.06. The van der Waals surface area contributed by atoms with Crippen LogP contribution in [0.25, 0.3) is 0 Å². The van der Waals surface area contributed by atoms with Gasteiger partial charge in [-0.2, -0.15) is 0 Å². The topological polar surface area (TPSA) is 72.2 Å². The van der Waals surface area contributed by atoms with Crippen molar-refractivity contribution in [2.75, 3.05) is 6.54 Å². The molecule has 0 spiro atoms. The average molecular weight is 288 g/mol. The molecule has 0 aliphatic heterocycles. The van der Waals surface area contributed by atoms with Gasteiger partial charge in [0, 0.05) is 18.7 Å². The van der Waals surface area contributed by atoms with E-state index >= 15 is 0 Å². The van der Waals surface area contributed by atoms with Gasteiger partial charge in [0.05, 0.1) is 4.90 Å². The molecule has 19 heavy (non-hydrogen) atoms. The van der Waals surface area contributed by atoms with Gasteiger partial charge in [0.1, 0.15) is 5.82 Å². The zero-order valence-electron chi connectivity index (χ0n) is 11.5. The first-order chi connectivity index (χ1) is 8.65. The molecule has 0 aliphatic rings. The summed E-state index contributed by atoms with van der Waals surface area (Å²) < 4.78 is 39.8. The maximum Gasteiger partial charge on any atom is 0.240 e. The van der Waals surface area contributed by atoms with Crippen LogP contribution < -0.4 is 10.5 Å². The summed E-state index contributed by atoms with van der Waals surface area (Å²) >= 11 is 0. The normalized spacial score (nSPS) is 12.7. The van der Waals surface area contributed by atoms with E-state index in [1.165, 1.54) is 12.1 Å². The second-order valence-corrected chi connectivity index (χ2v) is 7.43. The zero-order chi connectivity index (χ0) is 14.7. The maximum absolute atomic E-state index is 13.3. The van der Waals surface area contributed by atoms with Gasteiger partial charge in [0.25, 0.3) is 0 Å². The van der Waals surface area contributed by atoms with Gasteiger partial charge in [0.2, 0.25) is 10.0 Å². The molecule has 0 fully saturated rings. The summed E-state index contributed by atoms with van der Waals surface area (Å²) in [6, 6.07) is 3.64. The number of hydrogen-bond acceptors (Lipinski definition) is 3. The van der Waals surface area contributed by atoms with E-state index in [4.69, 9.17) is 5.73 Å². The molecule has 0 amide bonds. The van der Waals surface area contributed by atoms with Gasteiger partial charge < -0.3 is 5.73 Å². The third-order valence-corrected chi connectivity index (χ3v) is 4.17. The van der Waals surface area contributed by atoms with Gasteiger partial charge in [-0.05, 0) is 30.0 Å². The summed E-state index contributed by atoms with van der Waals surface area (Å²) in [7, 11) is -3.60. The Hall–Kier alpha value is -0.980. The van der Waals surface area contributed by atoms with Crippen molar-refractivity contribution in [3.05, 3.63) is 29.6 Å². The van der Waals surface area contributed by atoms with E-state index in [1.807, 2.05) is 20.8 Å². The van der Waals surface area contributed by atoms with Crippen molar-refractivity contribution in [1.29, 1.82) is 0 Å². The standard InChI is InChI=1S/C13H21FN2O2S/c1-13(2,3)6-7-16-19(17,18)11-4-5-12(14)10(8-11)9-15/h4-5,8,16H,6-7,9,15H2,1-3H3. The average Bonchev–Trinajstić information content (AvgIpc) is 2.27. The summed E-state index contributed by atoms with van der Waals surface area (Å²) in [6.07, 6.45) is 0.719. The molecule has 0 atom stereocenters. The number of halogens is 1. The first-order valence-electron chi connectivity index (χ1n) is 6.14. The lowest BCUT2D eigenvalue weighted by molar-refractivity contribution is 0.378. The zero-order valence-corrected chi connectivity index (χ0v) is 12.3. The molecule has 0 saturated carbocycles. The van der Waals surface area contributed by atoms with Gasteiger partial charge in [-0.25, -0.2) is 17.5 Å². The third kappa shape index (κ3) is 4.89. The van der Waals surface area contributed by atoms with E-state index in [0.717, 1.165) is 12.5 Å². The van der Waals surface area contributed by atoms with Crippen LogP contribution in [0.1, 0.15) is 32.8 Å². The second-order valence-electron chi connectivity index (χ2n) is 5.67. The minimum atomic E-state index is -3.60. The second kappa shape index (κ2) is 5.98. The molecule has 0 saturated heterocycles. The molecule has 0 bridgehead atoms. The lowest BCUT2D eigenvalue weighted by atomic mass is 9.93. The number of benzene rings is 1. The molecule has 6 heteroatoms. The van der Waals surface area contributed by atoms with Crippen LogP contribution in [-0.2, 0) is 16.6 Å². The molecular weight excluding hydrogens is 267 g/mol. The molecule has 108 valence electrons. The highest BCUT2D eigenvalue weighted by atomic mass is 32.2. The molecular formula is C13H21FN2O2S. The van der Waals surface area contributed by atoms with Crippen molar-refractivity contribution in [2.45, 2.75) is 38.6 Å². The molecule has 0 aromatic heterocycles.